The van der Waals surface area contributed by atoms with E-state index in [0.29, 0.717) is 12.1 Å². The molecule has 2 rings (SSSR count). The first-order valence-corrected chi connectivity index (χ1v) is 7.30. The smallest absolute Gasteiger partial charge is 0.0858 e. The molecule has 0 saturated carbocycles. The molecule has 1 N–H and O–H groups in total. The lowest BCUT2D eigenvalue weighted by Gasteiger charge is -2.36. The number of likely N-dealkylation sites (N-methyl/N-ethyl adjacent to an activating group) is 2. The van der Waals surface area contributed by atoms with E-state index in [0.717, 1.165) is 32.7 Å². The van der Waals surface area contributed by atoms with Crippen LogP contribution in [0.3, 0.4) is 0 Å². The van der Waals surface area contributed by atoms with Gasteiger partial charge in [-0.1, -0.05) is 6.92 Å². The second-order valence-corrected chi connectivity index (χ2v) is 5.31. The quantitative estimate of drug-likeness (QED) is 0.864. The Morgan fingerprint density at radius 2 is 2.53 bits per heavy atom. The predicted molar refractivity (Wildman–Crippen MR) is 72.7 cm³/mol. The van der Waals surface area contributed by atoms with Gasteiger partial charge in [-0.15, -0.1) is 0 Å². The van der Waals surface area contributed by atoms with Crippen LogP contribution in [0.25, 0.3) is 0 Å². The van der Waals surface area contributed by atoms with Gasteiger partial charge in [0.15, 0.2) is 0 Å². The Bertz CT molecular complexity index is 315. The number of hydrogen-bond donors (Lipinski definition) is 1. The number of rotatable bonds is 5. The van der Waals surface area contributed by atoms with Crippen LogP contribution < -0.4 is 5.32 Å². The molecule has 2 heterocycles. The first kappa shape index (κ1) is 13.0. The lowest BCUT2D eigenvalue weighted by Crippen LogP contribution is -2.52. The van der Waals surface area contributed by atoms with Gasteiger partial charge in [-0.05, 0) is 42.4 Å². The van der Waals surface area contributed by atoms with Crippen LogP contribution in [0.4, 0.5) is 0 Å². The van der Waals surface area contributed by atoms with Crippen LogP contribution in [0, 0.1) is 0 Å². The van der Waals surface area contributed by atoms with Gasteiger partial charge in [0.1, 0.15) is 0 Å². The van der Waals surface area contributed by atoms with E-state index < -0.39 is 0 Å². The third kappa shape index (κ3) is 3.52. The number of thiophene rings is 1. The summed E-state index contributed by atoms with van der Waals surface area (Å²) in [7, 11) is 2.03. The fraction of sp³-hybridized carbons (Fsp3) is 0.692. The van der Waals surface area contributed by atoms with E-state index in [1.165, 1.54) is 5.56 Å². The van der Waals surface area contributed by atoms with E-state index in [1.54, 1.807) is 11.3 Å². The summed E-state index contributed by atoms with van der Waals surface area (Å²) in [6.07, 6.45) is 1.37. The minimum Gasteiger partial charge on any atom is -0.374 e. The summed E-state index contributed by atoms with van der Waals surface area (Å²) in [6, 6.07) is 2.62. The Morgan fingerprint density at radius 1 is 1.65 bits per heavy atom. The summed E-state index contributed by atoms with van der Waals surface area (Å²) in [5, 5.41) is 7.78. The zero-order chi connectivity index (χ0) is 12.1. The highest BCUT2D eigenvalue weighted by Gasteiger charge is 2.26. The molecule has 1 aliphatic rings. The monoisotopic (exact) mass is 254 g/mol. The molecule has 1 fully saturated rings. The second-order valence-electron chi connectivity index (χ2n) is 4.53. The minimum atomic E-state index is 0.314. The van der Waals surface area contributed by atoms with Crippen molar-refractivity contribution >= 4 is 11.3 Å². The van der Waals surface area contributed by atoms with Crippen LogP contribution >= 0.6 is 11.3 Å². The first-order chi connectivity index (χ1) is 8.33. The lowest BCUT2D eigenvalue weighted by molar-refractivity contribution is -0.0435. The van der Waals surface area contributed by atoms with Crippen molar-refractivity contribution in [2.45, 2.75) is 25.5 Å². The molecule has 4 heteroatoms. The molecule has 0 amide bonds. The average Bonchev–Trinajstić information content (AvgIpc) is 2.89. The second kappa shape index (κ2) is 6.50. The molecule has 0 spiro atoms. The Balaban J connectivity index is 1.93. The maximum atomic E-state index is 5.91. The van der Waals surface area contributed by atoms with Gasteiger partial charge in [0.25, 0.3) is 0 Å². The van der Waals surface area contributed by atoms with Crippen molar-refractivity contribution in [3.63, 3.8) is 0 Å². The maximum Gasteiger partial charge on any atom is 0.0858 e. The molecule has 1 saturated heterocycles. The van der Waals surface area contributed by atoms with Crippen molar-refractivity contribution in [1.29, 1.82) is 0 Å². The third-order valence-corrected chi connectivity index (χ3v) is 4.21. The number of hydrogen-bond acceptors (Lipinski definition) is 4. The molecule has 96 valence electrons. The van der Waals surface area contributed by atoms with Gasteiger partial charge in [0, 0.05) is 19.1 Å². The van der Waals surface area contributed by atoms with Gasteiger partial charge >= 0.3 is 0 Å². The van der Waals surface area contributed by atoms with Crippen molar-refractivity contribution < 1.29 is 4.74 Å². The summed E-state index contributed by atoms with van der Waals surface area (Å²) in [5.74, 6) is 0. The zero-order valence-electron chi connectivity index (χ0n) is 10.7. The molecule has 2 atom stereocenters. The van der Waals surface area contributed by atoms with E-state index in [4.69, 9.17) is 4.74 Å². The summed E-state index contributed by atoms with van der Waals surface area (Å²) in [5.41, 5.74) is 1.41. The number of ether oxygens (including phenoxy) is 1. The van der Waals surface area contributed by atoms with Crippen LogP contribution in [-0.4, -0.2) is 50.3 Å². The summed E-state index contributed by atoms with van der Waals surface area (Å²) < 4.78 is 5.91. The van der Waals surface area contributed by atoms with Crippen molar-refractivity contribution in [2.75, 3.05) is 33.3 Å². The molecule has 3 nitrogen and oxygen atoms in total. The van der Waals surface area contributed by atoms with Crippen LogP contribution in [0.15, 0.2) is 16.8 Å². The topological polar surface area (TPSA) is 24.5 Å². The van der Waals surface area contributed by atoms with Gasteiger partial charge in [-0.25, -0.2) is 0 Å². The SMILES string of the molecule is CCN1CCOC(C(Cc2ccsc2)NC)C1. The van der Waals surface area contributed by atoms with Crippen LogP contribution in [0.5, 0.6) is 0 Å². The van der Waals surface area contributed by atoms with E-state index >= 15 is 0 Å². The van der Waals surface area contributed by atoms with Crippen LogP contribution in [-0.2, 0) is 11.2 Å². The molecule has 17 heavy (non-hydrogen) atoms. The maximum absolute atomic E-state index is 5.91. The predicted octanol–water partition coefficient (Wildman–Crippen LogP) is 1.60. The van der Waals surface area contributed by atoms with Crippen molar-refractivity contribution in [2.24, 2.45) is 0 Å². The molecule has 1 aromatic heterocycles. The Labute approximate surface area is 108 Å². The third-order valence-electron chi connectivity index (χ3n) is 3.48. The van der Waals surface area contributed by atoms with Crippen molar-refractivity contribution in [3.05, 3.63) is 22.4 Å². The van der Waals surface area contributed by atoms with Gasteiger partial charge in [-0.2, -0.15) is 11.3 Å². The molecule has 0 radical (unpaired) electrons. The fourth-order valence-electron chi connectivity index (χ4n) is 2.34. The fourth-order valence-corrected chi connectivity index (χ4v) is 3.03. The Morgan fingerprint density at radius 3 is 3.18 bits per heavy atom. The lowest BCUT2D eigenvalue weighted by atomic mass is 10.0. The molecule has 1 aromatic rings. The van der Waals surface area contributed by atoms with Gasteiger partial charge in [0.2, 0.25) is 0 Å². The highest BCUT2D eigenvalue weighted by Crippen LogP contribution is 2.15. The first-order valence-electron chi connectivity index (χ1n) is 6.35. The van der Waals surface area contributed by atoms with Crippen LogP contribution in [0.2, 0.25) is 0 Å². The summed E-state index contributed by atoms with van der Waals surface area (Å²) >= 11 is 1.76. The van der Waals surface area contributed by atoms with Crippen molar-refractivity contribution in [3.8, 4) is 0 Å². The van der Waals surface area contributed by atoms with E-state index in [9.17, 15) is 0 Å². The van der Waals surface area contributed by atoms with Crippen LogP contribution in [0.1, 0.15) is 12.5 Å². The summed E-state index contributed by atoms with van der Waals surface area (Å²) in [6.45, 7) is 6.32. The summed E-state index contributed by atoms with van der Waals surface area (Å²) in [4.78, 5) is 2.46. The number of nitrogens with one attached hydrogen (secondary N) is 1. The van der Waals surface area contributed by atoms with E-state index in [2.05, 4.69) is 34.0 Å². The molecule has 1 aliphatic heterocycles. The Hall–Kier alpha value is -0.420. The molecular weight excluding hydrogens is 232 g/mol. The minimum absolute atomic E-state index is 0.314. The number of morpholine rings is 1. The van der Waals surface area contributed by atoms with Gasteiger partial charge < -0.3 is 10.1 Å². The van der Waals surface area contributed by atoms with Gasteiger partial charge in [-0.3, -0.25) is 4.90 Å². The standard InChI is InChI=1S/C13H22N2OS/c1-3-15-5-6-16-13(9-15)12(14-2)8-11-4-7-17-10-11/h4,7,10,12-14H,3,5-6,8-9H2,1-2H3. The average molecular weight is 254 g/mol. The molecule has 2 unspecified atom stereocenters. The molecule has 0 aromatic carbocycles. The molecule has 0 bridgehead atoms. The highest BCUT2D eigenvalue weighted by atomic mass is 32.1. The van der Waals surface area contributed by atoms with E-state index in [-0.39, 0.29) is 0 Å². The van der Waals surface area contributed by atoms with Crippen molar-refractivity contribution in [1.82, 2.24) is 10.2 Å². The highest BCUT2D eigenvalue weighted by molar-refractivity contribution is 7.07. The zero-order valence-corrected chi connectivity index (χ0v) is 11.5. The van der Waals surface area contributed by atoms with Gasteiger partial charge in [0.05, 0.1) is 12.7 Å². The molecule has 0 aliphatic carbocycles. The largest absolute Gasteiger partial charge is 0.374 e. The normalized spacial score (nSPS) is 23.8. The Kier molecular flexibility index (Phi) is 4.98. The van der Waals surface area contributed by atoms with E-state index in [1.807, 2.05) is 7.05 Å². The molecular formula is C13H22N2OS. The number of nitrogens with zero attached hydrogens (tertiary/aromatic N) is 1.